The first-order valence-electron chi connectivity index (χ1n) is 5.82. The van der Waals surface area contributed by atoms with Crippen LogP contribution in [0.15, 0.2) is 16.9 Å². The van der Waals surface area contributed by atoms with Crippen molar-refractivity contribution in [2.24, 2.45) is 0 Å². The van der Waals surface area contributed by atoms with Crippen molar-refractivity contribution in [1.29, 1.82) is 0 Å². The third-order valence-corrected chi connectivity index (χ3v) is 2.98. The van der Waals surface area contributed by atoms with Gasteiger partial charge in [-0.2, -0.15) is 0 Å². The maximum atomic E-state index is 5.15. The lowest BCUT2D eigenvalue weighted by atomic mass is 10.2. The van der Waals surface area contributed by atoms with Gasteiger partial charge in [-0.15, -0.1) is 0 Å². The second kappa shape index (κ2) is 4.16. The van der Waals surface area contributed by atoms with Crippen LogP contribution in [0.4, 0.5) is 5.82 Å². The van der Waals surface area contributed by atoms with Gasteiger partial charge in [0, 0.05) is 17.3 Å². The van der Waals surface area contributed by atoms with E-state index in [-0.39, 0.29) is 0 Å². The van der Waals surface area contributed by atoms with Crippen LogP contribution in [0, 0.1) is 6.92 Å². The van der Waals surface area contributed by atoms with Crippen molar-refractivity contribution in [3.63, 3.8) is 0 Å². The van der Waals surface area contributed by atoms with E-state index < -0.39 is 0 Å². The van der Waals surface area contributed by atoms with Crippen molar-refractivity contribution >= 4 is 5.82 Å². The summed E-state index contributed by atoms with van der Waals surface area (Å²) in [5.41, 5.74) is 3.33. The quantitative estimate of drug-likeness (QED) is 0.872. The molecule has 2 aromatic rings. The minimum absolute atomic E-state index is 0.615. The summed E-state index contributed by atoms with van der Waals surface area (Å²) in [4.78, 5) is 8.58. The highest BCUT2D eigenvalue weighted by Crippen LogP contribution is 2.25. The zero-order valence-electron chi connectivity index (χ0n) is 9.73. The van der Waals surface area contributed by atoms with Crippen molar-refractivity contribution in [2.75, 3.05) is 5.32 Å². The normalized spacial score (nSPS) is 13.7. The zero-order chi connectivity index (χ0) is 11.7. The molecule has 0 unspecified atom stereocenters. The van der Waals surface area contributed by atoms with Gasteiger partial charge in [0.2, 0.25) is 0 Å². The molecule has 0 saturated heterocycles. The van der Waals surface area contributed by atoms with E-state index in [9.17, 15) is 0 Å². The molecule has 5 nitrogen and oxygen atoms in total. The summed E-state index contributed by atoms with van der Waals surface area (Å²) >= 11 is 0. The molecule has 2 aromatic heterocycles. The van der Waals surface area contributed by atoms with Crippen LogP contribution in [0.2, 0.25) is 0 Å². The Hall–Kier alpha value is -1.91. The van der Waals surface area contributed by atoms with E-state index in [1.54, 1.807) is 6.33 Å². The minimum atomic E-state index is 0.615. The van der Waals surface area contributed by atoms with Gasteiger partial charge in [0.15, 0.2) is 5.76 Å². The fourth-order valence-electron chi connectivity index (χ4n) is 2.18. The molecule has 0 spiro atoms. The Labute approximate surface area is 99.3 Å². The van der Waals surface area contributed by atoms with Gasteiger partial charge in [0.05, 0.1) is 12.2 Å². The number of nitrogens with zero attached hydrogens (tertiary/aromatic N) is 3. The highest BCUT2D eigenvalue weighted by Gasteiger charge is 2.16. The van der Waals surface area contributed by atoms with Crippen molar-refractivity contribution in [3.05, 3.63) is 35.1 Å². The van der Waals surface area contributed by atoms with E-state index in [1.807, 2.05) is 13.0 Å². The molecular weight excluding hydrogens is 216 g/mol. The third kappa shape index (κ3) is 2.00. The van der Waals surface area contributed by atoms with Crippen LogP contribution in [-0.4, -0.2) is 15.1 Å². The first kappa shape index (κ1) is 10.3. The van der Waals surface area contributed by atoms with Crippen LogP contribution in [0.3, 0.4) is 0 Å². The van der Waals surface area contributed by atoms with Crippen molar-refractivity contribution in [3.8, 4) is 0 Å². The Kier molecular flexibility index (Phi) is 2.51. The van der Waals surface area contributed by atoms with E-state index >= 15 is 0 Å². The van der Waals surface area contributed by atoms with Crippen LogP contribution in [0.1, 0.15) is 29.1 Å². The second-order valence-corrected chi connectivity index (χ2v) is 4.29. The Balaban J connectivity index is 1.75. The smallest absolute Gasteiger partial charge is 0.156 e. The number of hydrogen-bond acceptors (Lipinski definition) is 5. The van der Waals surface area contributed by atoms with Crippen molar-refractivity contribution < 1.29 is 4.52 Å². The molecule has 0 saturated carbocycles. The summed E-state index contributed by atoms with van der Waals surface area (Å²) in [6, 6.07) is 1.93. The lowest BCUT2D eigenvalue weighted by molar-refractivity contribution is 0.384. The summed E-state index contributed by atoms with van der Waals surface area (Å²) in [6.45, 7) is 2.53. The zero-order valence-corrected chi connectivity index (χ0v) is 9.73. The molecule has 0 bridgehead atoms. The number of fused-ring (bicyclic) bond motifs is 1. The second-order valence-electron chi connectivity index (χ2n) is 4.29. The van der Waals surface area contributed by atoms with Gasteiger partial charge >= 0.3 is 0 Å². The maximum absolute atomic E-state index is 5.15. The van der Waals surface area contributed by atoms with Crippen molar-refractivity contribution in [1.82, 2.24) is 15.1 Å². The number of rotatable bonds is 3. The molecule has 88 valence electrons. The highest BCUT2D eigenvalue weighted by atomic mass is 16.5. The molecule has 1 aliphatic rings. The molecule has 0 amide bonds. The average molecular weight is 230 g/mol. The van der Waals surface area contributed by atoms with E-state index in [0.717, 1.165) is 30.1 Å². The molecule has 1 aliphatic carbocycles. The molecule has 0 aromatic carbocycles. The monoisotopic (exact) mass is 230 g/mol. The summed E-state index contributed by atoms with van der Waals surface area (Å²) < 4.78 is 5.15. The topological polar surface area (TPSA) is 63.8 Å². The first-order valence-corrected chi connectivity index (χ1v) is 5.82. The average Bonchev–Trinajstić information content (AvgIpc) is 2.94. The molecular formula is C12H14N4O. The first-order chi connectivity index (χ1) is 8.33. The number of aryl methyl sites for hydroxylation is 2. The molecule has 5 heteroatoms. The predicted octanol–water partition coefficient (Wildman–Crippen LogP) is 1.87. The lowest BCUT2D eigenvalue weighted by Gasteiger charge is -2.07. The Bertz CT molecular complexity index is 535. The molecule has 0 fully saturated rings. The predicted molar refractivity (Wildman–Crippen MR) is 62.6 cm³/mol. The molecule has 0 atom stereocenters. The fraction of sp³-hybridized carbons (Fsp3) is 0.417. The Morgan fingerprint density at radius 3 is 3.12 bits per heavy atom. The lowest BCUT2D eigenvalue weighted by Crippen LogP contribution is -2.04. The van der Waals surface area contributed by atoms with Gasteiger partial charge < -0.3 is 9.84 Å². The number of nitrogens with one attached hydrogen (secondary N) is 1. The fourth-order valence-corrected chi connectivity index (χ4v) is 2.18. The highest BCUT2D eigenvalue weighted by molar-refractivity contribution is 5.47. The number of aromatic nitrogens is 3. The SMILES string of the molecule is Cc1cc(CNc2ncnc3c2CCC3)on1. The van der Waals surface area contributed by atoms with Gasteiger partial charge in [-0.3, -0.25) is 0 Å². The van der Waals surface area contributed by atoms with E-state index in [0.29, 0.717) is 6.54 Å². The van der Waals surface area contributed by atoms with Gasteiger partial charge in [-0.25, -0.2) is 9.97 Å². The van der Waals surface area contributed by atoms with E-state index in [1.165, 1.54) is 17.7 Å². The maximum Gasteiger partial charge on any atom is 0.156 e. The molecule has 2 heterocycles. The van der Waals surface area contributed by atoms with Crippen molar-refractivity contribution in [2.45, 2.75) is 32.7 Å². The van der Waals surface area contributed by atoms with Gasteiger partial charge in [0.1, 0.15) is 12.1 Å². The molecule has 17 heavy (non-hydrogen) atoms. The summed E-state index contributed by atoms with van der Waals surface area (Å²) in [7, 11) is 0. The number of anilines is 1. The van der Waals surface area contributed by atoms with E-state index in [2.05, 4.69) is 20.4 Å². The Morgan fingerprint density at radius 2 is 2.29 bits per heavy atom. The van der Waals surface area contributed by atoms with Gasteiger partial charge in [-0.1, -0.05) is 5.16 Å². The summed E-state index contributed by atoms with van der Waals surface area (Å²) in [5, 5.41) is 7.14. The van der Waals surface area contributed by atoms with E-state index in [4.69, 9.17) is 4.52 Å². The van der Waals surface area contributed by atoms with Crippen LogP contribution in [0.25, 0.3) is 0 Å². The molecule has 0 aliphatic heterocycles. The van der Waals surface area contributed by atoms with Crippen LogP contribution >= 0.6 is 0 Å². The number of hydrogen-bond donors (Lipinski definition) is 1. The third-order valence-electron chi connectivity index (χ3n) is 2.98. The van der Waals surface area contributed by atoms with Crippen LogP contribution in [-0.2, 0) is 19.4 Å². The standard InChI is InChI=1S/C12H14N4O/c1-8-5-9(17-16-8)6-13-12-10-3-2-4-11(10)14-7-15-12/h5,7H,2-4,6H2,1H3,(H,13,14,15). The van der Waals surface area contributed by atoms with Gasteiger partial charge in [0.25, 0.3) is 0 Å². The van der Waals surface area contributed by atoms with Crippen LogP contribution < -0.4 is 5.32 Å². The minimum Gasteiger partial charge on any atom is -0.362 e. The molecule has 3 rings (SSSR count). The summed E-state index contributed by atoms with van der Waals surface area (Å²) in [6.07, 6.45) is 4.92. The van der Waals surface area contributed by atoms with Crippen LogP contribution in [0.5, 0.6) is 0 Å². The largest absolute Gasteiger partial charge is 0.362 e. The summed E-state index contributed by atoms with van der Waals surface area (Å²) in [5.74, 6) is 1.76. The molecule has 0 radical (unpaired) electrons. The Morgan fingerprint density at radius 1 is 1.35 bits per heavy atom. The molecule has 1 N–H and O–H groups in total. The van der Waals surface area contributed by atoms with Gasteiger partial charge in [-0.05, 0) is 26.2 Å².